The minimum absolute atomic E-state index is 0.225. The summed E-state index contributed by atoms with van der Waals surface area (Å²) >= 11 is 3.58. The van der Waals surface area contributed by atoms with E-state index in [1.54, 1.807) is 6.08 Å². The van der Waals surface area contributed by atoms with Crippen molar-refractivity contribution in [3.8, 4) is 0 Å². The number of allylic oxidation sites excluding steroid dienone is 4. The molecule has 2 rings (SSSR count). The van der Waals surface area contributed by atoms with Crippen LogP contribution in [0, 0.1) is 0 Å². The van der Waals surface area contributed by atoms with Crippen molar-refractivity contribution in [2.45, 2.75) is 72.3 Å². The summed E-state index contributed by atoms with van der Waals surface area (Å²) in [6.45, 7) is 13.6. The number of thiocarbonyl (C=S) groups is 1. The minimum Gasteiger partial charge on any atom is -0.302 e. The number of hydrogen-bond acceptors (Lipinski definition) is 4. The Labute approximate surface area is 172 Å². The molecule has 5 nitrogen and oxygen atoms in total. The molecule has 0 aromatic carbocycles. The first-order valence-corrected chi connectivity index (χ1v) is 11.1. The quantitative estimate of drug-likeness (QED) is 0.466. The lowest BCUT2D eigenvalue weighted by Gasteiger charge is -2.39. The van der Waals surface area contributed by atoms with Crippen molar-refractivity contribution >= 4 is 34.5 Å². The zero-order chi connectivity index (χ0) is 21.0. The third kappa shape index (κ3) is 5.36. The van der Waals surface area contributed by atoms with Gasteiger partial charge in [0.25, 0.3) is 17.2 Å². The zero-order valence-electron chi connectivity index (χ0n) is 17.5. The van der Waals surface area contributed by atoms with Gasteiger partial charge in [0.1, 0.15) is 5.54 Å². The molecule has 27 heavy (non-hydrogen) atoms. The number of rotatable bonds is 5. The Hall–Kier alpha value is -1.31. The van der Waals surface area contributed by atoms with E-state index in [1.165, 1.54) is 7.11 Å². The van der Waals surface area contributed by atoms with E-state index >= 15 is 0 Å². The Kier molecular flexibility index (Phi) is 12.3. The second kappa shape index (κ2) is 13.0. The predicted octanol–water partition coefficient (Wildman–Crippen LogP) is 5.04. The van der Waals surface area contributed by atoms with Crippen molar-refractivity contribution in [2.24, 2.45) is 0 Å². The van der Waals surface area contributed by atoms with Gasteiger partial charge in [-0.3, -0.25) is 8.98 Å². The van der Waals surface area contributed by atoms with Gasteiger partial charge >= 0.3 is 0 Å². The molecular formula is C20H34N2O3S2. The summed E-state index contributed by atoms with van der Waals surface area (Å²) in [6, 6.07) is 0. The maximum absolute atomic E-state index is 13.1. The predicted molar refractivity (Wildman–Crippen MR) is 118 cm³/mol. The van der Waals surface area contributed by atoms with Crippen molar-refractivity contribution in [3.63, 3.8) is 0 Å². The van der Waals surface area contributed by atoms with Crippen LogP contribution in [-0.2, 0) is 20.2 Å². The fraction of sp³-hybridized carbons (Fsp3) is 0.600. The average molecular weight is 415 g/mol. The molecule has 1 amide bonds. The maximum atomic E-state index is 13.1. The summed E-state index contributed by atoms with van der Waals surface area (Å²) in [7, 11) is 1.30. The van der Waals surface area contributed by atoms with E-state index in [-0.39, 0.29) is 11.0 Å². The minimum atomic E-state index is -1.91. The highest BCUT2D eigenvalue weighted by Crippen LogP contribution is 2.43. The van der Waals surface area contributed by atoms with Crippen LogP contribution in [0.25, 0.3) is 0 Å². The first kappa shape index (κ1) is 25.7. The van der Waals surface area contributed by atoms with Crippen molar-refractivity contribution in [2.75, 3.05) is 7.11 Å². The van der Waals surface area contributed by atoms with E-state index in [0.29, 0.717) is 12.8 Å². The molecule has 1 aliphatic carbocycles. The molecule has 0 bridgehead atoms. The van der Waals surface area contributed by atoms with Crippen LogP contribution in [-0.4, -0.2) is 37.1 Å². The Morgan fingerprint density at radius 1 is 1.22 bits per heavy atom. The molecule has 2 aliphatic rings. The topological polar surface area (TPSA) is 49.9 Å². The van der Waals surface area contributed by atoms with Crippen molar-refractivity contribution in [1.29, 1.82) is 0 Å². The molecule has 154 valence electrons. The summed E-state index contributed by atoms with van der Waals surface area (Å²) in [5.41, 5.74) is 0.0103. The third-order valence-electron chi connectivity index (χ3n) is 4.23. The summed E-state index contributed by atoms with van der Waals surface area (Å²) in [4.78, 5) is 14.9. The average Bonchev–Trinajstić information content (AvgIpc) is 2.91. The van der Waals surface area contributed by atoms with Gasteiger partial charge in [0.2, 0.25) is 0 Å². The van der Waals surface area contributed by atoms with E-state index in [1.807, 2.05) is 57.7 Å². The van der Waals surface area contributed by atoms with Crippen molar-refractivity contribution in [3.05, 3.63) is 36.6 Å². The molecule has 1 spiro atoms. The number of hydrogen-bond donors (Lipinski definition) is 0. The van der Waals surface area contributed by atoms with Gasteiger partial charge in [0.15, 0.2) is 5.11 Å². The van der Waals surface area contributed by atoms with E-state index in [0.717, 1.165) is 29.3 Å². The number of amides is 1. The highest BCUT2D eigenvalue weighted by atomic mass is 32.2. The second-order valence-electron chi connectivity index (χ2n) is 5.52. The Morgan fingerprint density at radius 2 is 1.78 bits per heavy atom. The van der Waals surface area contributed by atoms with Crippen LogP contribution in [0.1, 0.15) is 66.7 Å². The molecule has 0 N–H and O–H groups in total. The third-order valence-corrected chi connectivity index (χ3v) is 5.63. The van der Waals surface area contributed by atoms with E-state index in [4.69, 9.17) is 16.4 Å². The van der Waals surface area contributed by atoms with Gasteiger partial charge in [-0.25, -0.2) is 4.21 Å². The van der Waals surface area contributed by atoms with Crippen LogP contribution in [0.3, 0.4) is 0 Å². The molecule has 0 aromatic rings. The summed E-state index contributed by atoms with van der Waals surface area (Å²) in [5.74, 6) is -0.234. The zero-order valence-corrected chi connectivity index (χ0v) is 19.1. The molecule has 1 saturated carbocycles. The summed E-state index contributed by atoms with van der Waals surface area (Å²) in [6.07, 6.45) is 11.6. The molecule has 2 fully saturated rings. The largest absolute Gasteiger partial charge is 0.302 e. The van der Waals surface area contributed by atoms with Crippen molar-refractivity contribution < 1.29 is 13.2 Å². The van der Waals surface area contributed by atoms with Gasteiger partial charge in [0.05, 0.1) is 7.11 Å². The maximum Gasteiger partial charge on any atom is 0.273 e. The van der Waals surface area contributed by atoms with Gasteiger partial charge in [-0.15, -0.1) is 0 Å². The summed E-state index contributed by atoms with van der Waals surface area (Å²) in [5, 5.41) is 0.225. The monoisotopic (exact) mass is 414 g/mol. The number of nitrogens with zero attached hydrogens (tertiary/aromatic N) is 2. The highest BCUT2D eigenvalue weighted by molar-refractivity contribution is 7.84. The van der Waals surface area contributed by atoms with Gasteiger partial charge in [-0.1, -0.05) is 65.7 Å². The lowest BCUT2D eigenvalue weighted by atomic mass is 9.80. The molecular weight excluding hydrogens is 380 g/mol. The Bertz CT molecular complexity index is 594. The summed E-state index contributed by atoms with van der Waals surface area (Å²) < 4.78 is 18.1. The van der Waals surface area contributed by atoms with E-state index in [2.05, 4.69) is 6.58 Å². The standard InChI is InChI=1S/C16H22N2O3S2.2C2H6/c1-4-9-13(10-5-2)17-15(22)18(23(20)21-3)14(19)16(17)11-7-6-8-12-16;2*1-2/h4-5,9-10H,1,6-8,11-12H2,2-3H3;2*1-2H3/b10-5-,13-9+;;. The highest BCUT2D eigenvalue weighted by Gasteiger charge is 2.58. The Morgan fingerprint density at radius 3 is 2.22 bits per heavy atom. The molecule has 7 heteroatoms. The first-order valence-electron chi connectivity index (χ1n) is 9.64. The smallest absolute Gasteiger partial charge is 0.273 e. The molecule has 1 atom stereocenters. The first-order chi connectivity index (χ1) is 13.0. The van der Waals surface area contributed by atoms with E-state index in [9.17, 15) is 9.00 Å². The van der Waals surface area contributed by atoms with Crippen LogP contribution in [0.4, 0.5) is 0 Å². The van der Waals surface area contributed by atoms with Gasteiger partial charge in [-0.2, -0.15) is 4.31 Å². The molecule has 0 radical (unpaired) electrons. The van der Waals surface area contributed by atoms with Gasteiger partial charge in [0, 0.05) is 5.70 Å². The normalized spacial score (nSPS) is 20.1. The van der Waals surface area contributed by atoms with Crippen LogP contribution in [0.5, 0.6) is 0 Å². The van der Waals surface area contributed by atoms with Crippen LogP contribution in [0.15, 0.2) is 36.6 Å². The molecule has 1 aliphatic heterocycles. The second-order valence-corrected chi connectivity index (χ2v) is 7.02. The molecule has 1 unspecified atom stereocenters. The molecule has 0 aromatic heterocycles. The number of carbonyl (C=O) groups is 1. The van der Waals surface area contributed by atoms with Crippen LogP contribution in [0.2, 0.25) is 0 Å². The van der Waals surface area contributed by atoms with Gasteiger partial charge < -0.3 is 4.90 Å². The fourth-order valence-electron chi connectivity index (χ4n) is 3.28. The Balaban J connectivity index is 0.00000158. The number of carbonyl (C=O) groups excluding carboxylic acids is 1. The van der Waals surface area contributed by atoms with Crippen molar-refractivity contribution in [1.82, 2.24) is 9.21 Å². The fourth-order valence-corrected chi connectivity index (χ4v) is 4.49. The van der Waals surface area contributed by atoms with E-state index < -0.39 is 16.8 Å². The SMILES string of the molecule is C=C/C=C(\C=C/C)N1C(=S)N(S(=O)OC)C(=O)C12CCCCC2.CC.CC. The van der Waals surface area contributed by atoms with Crippen LogP contribution >= 0.6 is 12.2 Å². The molecule has 1 saturated heterocycles. The molecule has 1 heterocycles. The lowest BCUT2D eigenvalue weighted by Crippen LogP contribution is -2.50. The van der Waals surface area contributed by atoms with Gasteiger partial charge in [-0.05, 0) is 44.1 Å². The van der Waals surface area contributed by atoms with Crippen LogP contribution < -0.4 is 0 Å². The lowest BCUT2D eigenvalue weighted by molar-refractivity contribution is -0.131.